The molecule has 4 nitrogen and oxygen atoms in total. The Balaban J connectivity index is 0.00000172. The van der Waals surface area contributed by atoms with Crippen molar-refractivity contribution < 1.29 is 9.53 Å². The number of nitrogens with zero attached hydrogens (tertiary/aromatic N) is 2. The van der Waals surface area contributed by atoms with E-state index in [0.717, 1.165) is 5.57 Å². The summed E-state index contributed by atoms with van der Waals surface area (Å²) in [7, 11) is 1.36. The molecule has 1 aromatic rings. The lowest BCUT2D eigenvalue weighted by Gasteiger charge is -2.00. The standard InChI is InChI=1S/C14H16N2O2.C2H6/c1-4-12(7-6-11(2)14(17)18-3)10-13-15-8-5-9-16-13;1-2/h4-9H,1,10H2,2-3H3;1-2H3/b11-6+,12-7+;. The van der Waals surface area contributed by atoms with Crippen molar-refractivity contribution in [2.75, 3.05) is 7.11 Å². The fraction of sp³-hybridized carbons (Fsp3) is 0.312. The number of esters is 1. The molecule has 0 radical (unpaired) electrons. The predicted octanol–water partition coefficient (Wildman–Crippen LogP) is 3.28. The third kappa shape index (κ3) is 6.64. The summed E-state index contributed by atoms with van der Waals surface area (Å²) in [6, 6.07) is 1.77. The zero-order valence-electron chi connectivity index (χ0n) is 12.6. The average Bonchev–Trinajstić information content (AvgIpc) is 2.53. The summed E-state index contributed by atoms with van der Waals surface area (Å²) in [5, 5.41) is 0. The lowest BCUT2D eigenvalue weighted by molar-refractivity contribution is -0.136. The van der Waals surface area contributed by atoms with Gasteiger partial charge in [-0.2, -0.15) is 0 Å². The number of hydrogen-bond acceptors (Lipinski definition) is 4. The molecule has 0 aliphatic rings. The number of rotatable bonds is 5. The van der Waals surface area contributed by atoms with E-state index in [9.17, 15) is 4.79 Å². The van der Waals surface area contributed by atoms with Gasteiger partial charge in [-0.05, 0) is 18.6 Å². The van der Waals surface area contributed by atoms with Gasteiger partial charge in [0.25, 0.3) is 0 Å². The number of hydrogen-bond donors (Lipinski definition) is 0. The van der Waals surface area contributed by atoms with Crippen molar-refractivity contribution in [3.63, 3.8) is 0 Å². The van der Waals surface area contributed by atoms with Crippen LogP contribution in [0.15, 0.2) is 54.4 Å². The van der Waals surface area contributed by atoms with E-state index in [2.05, 4.69) is 21.3 Å². The molecule has 0 fully saturated rings. The molecule has 0 unspecified atom stereocenters. The van der Waals surface area contributed by atoms with E-state index in [1.807, 2.05) is 19.9 Å². The van der Waals surface area contributed by atoms with Crippen LogP contribution in [0.3, 0.4) is 0 Å². The van der Waals surface area contributed by atoms with Crippen LogP contribution in [0.2, 0.25) is 0 Å². The Morgan fingerprint density at radius 1 is 1.30 bits per heavy atom. The quantitative estimate of drug-likeness (QED) is 0.470. The van der Waals surface area contributed by atoms with Crippen LogP contribution in [-0.4, -0.2) is 23.0 Å². The minimum Gasteiger partial charge on any atom is -0.466 e. The highest BCUT2D eigenvalue weighted by molar-refractivity contribution is 5.87. The maximum absolute atomic E-state index is 11.2. The van der Waals surface area contributed by atoms with Crippen molar-refractivity contribution in [3.05, 3.63) is 60.2 Å². The molecule has 4 heteroatoms. The van der Waals surface area contributed by atoms with Crippen LogP contribution in [0.1, 0.15) is 26.6 Å². The Morgan fingerprint density at radius 3 is 2.40 bits per heavy atom. The second-order valence-corrected chi connectivity index (χ2v) is 3.63. The second kappa shape index (κ2) is 10.7. The Labute approximate surface area is 120 Å². The summed E-state index contributed by atoms with van der Waals surface area (Å²) in [6.45, 7) is 9.43. The summed E-state index contributed by atoms with van der Waals surface area (Å²) in [6.07, 6.45) is 9.20. The van der Waals surface area contributed by atoms with Crippen LogP contribution < -0.4 is 0 Å². The van der Waals surface area contributed by atoms with E-state index in [0.29, 0.717) is 17.8 Å². The molecule has 0 aliphatic carbocycles. The lowest BCUT2D eigenvalue weighted by Crippen LogP contribution is -2.01. The highest BCUT2D eigenvalue weighted by Crippen LogP contribution is 2.06. The lowest BCUT2D eigenvalue weighted by atomic mass is 10.1. The third-order valence-electron chi connectivity index (χ3n) is 2.30. The van der Waals surface area contributed by atoms with Crippen molar-refractivity contribution in [2.45, 2.75) is 27.2 Å². The van der Waals surface area contributed by atoms with Crippen molar-refractivity contribution in [1.29, 1.82) is 0 Å². The predicted molar refractivity (Wildman–Crippen MR) is 81.1 cm³/mol. The first kappa shape index (κ1) is 17.8. The van der Waals surface area contributed by atoms with Crippen LogP contribution in [0, 0.1) is 0 Å². The van der Waals surface area contributed by atoms with Crippen LogP contribution in [-0.2, 0) is 16.0 Å². The summed E-state index contributed by atoms with van der Waals surface area (Å²) in [5.74, 6) is 0.374. The summed E-state index contributed by atoms with van der Waals surface area (Å²) in [5.41, 5.74) is 1.47. The van der Waals surface area contributed by atoms with Gasteiger partial charge in [-0.15, -0.1) is 0 Å². The second-order valence-electron chi connectivity index (χ2n) is 3.63. The average molecular weight is 274 g/mol. The molecule has 0 bridgehead atoms. The van der Waals surface area contributed by atoms with Gasteiger partial charge in [0.1, 0.15) is 5.82 Å². The maximum atomic E-state index is 11.2. The third-order valence-corrected chi connectivity index (χ3v) is 2.30. The highest BCUT2D eigenvalue weighted by atomic mass is 16.5. The van der Waals surface area contributed by atoms with E-state index in [4.69, 9.17) is 0 Å². The van der Waals surface area contributed by atoms with Crippen molar-refractivity contribution in [1.82, 2.24) is 9.97 Å². The van der Waals surface area contributed by atoms with Crippen LogP contribution >= 0.6 is 0 Å². The Kier molecular flexibility index (Phi) is 9.48. The molecule has 0 aromatic carbocycles. The Morgan fingerprint density at radius 2 is 1.90 bits per heavy atom. The molecule has 0 saturated heterocycles. The zero-order chi connectivity index (χ0) is 15.4. The first-order chi connectivity index (χ1) is 9.67. The van der Waals surface area contributed by atoms with Crippen molar-refractivity contribution in [2.24, 2.45) is 0 Å². The molecule has 1 aromatic heterocycles. The van der Waals surface area contributed by atoms with E-state index < -0.39 is 0 Å². The molecule has 0 saturated carbocycles. The highest BCUT2D eigenvalue weighted by Gasteiger charge is 2.02. The number of ether oxygens (including phenoxy) is 1. The van der Waals surface area contributed by atoms with Gasteiger partial charge in [0.05, 0.1) is 7.11 Å². The number of aromatic nitrogens is 2. The summed E-state index contributed by atoms with van der Waals surface area (Å²) >= 11 is 0. The van der Waals surface area contributed by atoms with Gasteiger partial charge < -0.3 is 4.74 Å². The minimum absolute atomic E-state index is 0.342. The van der Waals surface area contributed by atoms with E-state index >= 15 is 0 Å². The van der Waals surface area contributed by atoms with Crippen LogP contribution in [0.4, 0.5) is 0 Å². The van der Waals surface area contributed by atoms with Gasteiger partial charge in [-0.3, -0.25) is 0 Å². The molecule has 0 amide bonds. The number of carbonyl (C=O) groups is 1. The fourth-order valence-electron chi connectivity index (χ4n) is 1.26. The van der Waals surface area contributed by atoms with E-state index in [-0.39, 0.29) is 5.97 Å². The largest absolute Gasteiger partial charge is 0.466 e. The monoisotopic (exact) mass is 274 g/mol. The summed E-state index contributed by atoms with van der Waals surface area (Å²) < 4.78 is 4.61. The van der Waals surface area contributed by atoms with Gasteiger partial charge in [0.2, 0.25) is 0 Å². The molecule has 0 N–H and O–H groups in total. The first-order valence-corrected chi connectivity index (χ1v) is 6.51. The fourth-order valence-corrected chi connectivity index (χ4v) is 1.26. The molecule has 0 aliphatic heterocycles. The smallest absolute Gasteiger partial charge is 0.333 e. The van der Waals surface area contributed by atoms with Crippen molar-refractivity contribution in [3.8, 4) is 0 Å². The van der Waals surface area contributed by atoms with Gasteiger partial charge >= 0.3 is 5.97 Å². The van der Waals surface area contributed by atoms with Crippen LogP contribution in [0.25, 0.3) is 0 Å². The molecule has 1 rings (SSSR count). The zero-order valence-corrected chi connectivity index (χ0v) is 12.6. The van der Waals surface area contributed by atoms with Gasteiger partial charge in [-0.25, -0.2) is 14.8 Å². The van der Waals surface area contributed by atoms with Gasteiger partial charge in [-0.1, -0.05) is 38.7 Å². The van der Waals surface area contributed by atoms with Gasteiger partial charge in [0, 0.05) is 24.4 Å². The minimum atomic E-state index is -0.342. The molecule has 0 atom stereocenters. The van der Waals surface area contributed by atoms with Crippen LogP contribution in [0.5, 0.6) is 0 Å². The SMILES string of the molecule is C=C/C(=C\C=C(/C)C(=O)OC)Cc1ncccn1.CC. The Hall–Kier alpha value is -2.23. The Bertz CT molecular complexity index is 477. The van der Waals surface area contributed by atoms with E-state index in [1.54, 1.807) is 37.5 Å². The molecule has 20 heavy (non-hydrogen) atoms. The molecule has 0 spiro atoms. The molecule has 108 valence electrons. The van der Waals surface area contributed by atoms with E-state index in [1.165, 1.54) is 7.11 Å². The normalized spacial score (nSPS) is 11.2. The van der Waals surface area contributed by atoms with Gasteiger partial charge in [0.15, 0.2) is 0 Å². The molecular weight excluding hydrogens is 252 g/mol. The topological polar surface area (TPSA) is 52.1 Å². The number of allylic oxidation sites excluding steroid dienone is 4. The molecular formula is C16H22N2O2. The maximum Gasteiger partial charge on any atom is 0.333 e. The van der Waals surface area contributed by atoms with Crippen molar-refractivity contribution >= 4 is 5.97 Å². The summed E-state index contributed by atoms with van der Waals surface area (Å²) in [4.78, 5) is 19.5. The molecule has 1 heterocycles. The number of methoxy groups -OCH3 is 1. The first-order valence-electron chi connectivity index (χ1n) is 6.51. The number of carbonyl (C=O) groups excluding carboxylic acids is 1.